The molecule has 27 heavy (non-hydrogen) atoms. The van der Waals surface area contributed by atoms with E-state index < -0.39 is 0 Å². The van der Waals surface area contributed by atoms with E-state index in [2.05, 4.69) is 10.2 Å². The number of piperidine rings is 1. The van der Waals surface area contributed by atoms with Gasteiger partial charge in [-0.25, -0.2) is 0 Å². The van der Waals surface area contributed by atoms with Gasteiger partial charge in [-0.15, -0.1) is 0 Å². The number of nitrogens with one attached hydrogen (secondary N) is 2. The quantitative estimate of drug-likeness (QED) is 0.790. The summed E-state index contributed by atoms with van der Waals surface area (Å²) in [6.07, 6.45) is 7.32. The van der Waals surface area contributed by atoms with Gasteiger partial charge in [0.2, 0.25) is 0 Å². The highest BCUT2D eigenvalue weighted by Crippen LogP contribution is 2.35. The monoisotopic (exact) mass is 374 g/mol. The Kier molecular flexibility index (Phi) is 6.72. The zero-order valence-corrected chi connectivity index (χ0v) is 16.5. The first-order valence-electron chi connectivity index (χ1n) is 10.1. The predicted octanol–water partition coefficient (Wildman–Crippen LogP) is 1.33. The fourth-order valence-corrected chi connectivity index (χ4v) is 4.54. The van der Waals surface area contributed by atoms with E-state index in [1.54, 1.807) is 13.2 Å². The molecule has 1 saturated heterocycles. The second-order valence-electron chi connectivity index (χ2n) is 7.93. The van der Waals surface area contributed by atoms with Crippen LogP contribution in [0.3, 0.4) is 0 Å². The van der Waals surface area contributed by atoms with Crippen molar-refractivity contribution in [2.45, 2.75) is 44.6 Å². The fraction of sp³-hybridized carbons (Fsp3) is 0.619. The highest BCUT2D eigenvalue weighted by molar-refractivity contribution is 5.91. The maximum absolute atomic E-state index is 12.8. The van der Waals surface area contributed by atoms with Crippen LogP contribution in [0.15, 0.2) is 24.3 Å². The van der Waals surface area contributed by atoms with E-state index in [-0.39, 0.29) is 18.4 Å². The molecule has 1 aromatic rings. The van der Waals surface area contributed by atoms with Gasteiger partial charge in [-0.05, 0) is 43.7 Å². The number of carbonyl (C=O) groups excluding carboxylic acids is 2. The number of hydrogen-bond acceptors (Lipinski definition) is 3. The van der Waals surface area contributed by atoms with Crippen LogP contribution in [-0.2, 0) is 9.59 Å². The molecule has 0 aromatic heterocycles. The summed E-state index contributed by atoms with van der Waals surface area (Å²) in [6.45, 7) is 1.52. The van der Waals surface area contributed by atoms with Gasteiger partial charge in [-0.3, -0.25) is 9.59 Å². The molecule has 0 spiro atoms. The van der Waals surface area contributed by atoms with Crippen molar-refractivity contribution in [2.24, 2.45) is 5.92 Å². The summed E-state index contributed by atoms with van der Waals surface area (Å²) in [4.78, 5) is 28.2. The summed E-state index contributed by atoms with van der Waals surface area (Å²) in [5.74, 6) is 1.49. The maximum atomic E-state index is 12.8. The Balaban J connectivity index is 1.49. The van der Waals surface area contributed by atoms with Crippen molar-refractivity contribution in [3.05, 3.63) is 24.3 Å². The molecule has 1 heterocycles. The van der Waals surface area contributed by atoms with E-state index in [9.17, 15) is 9.59 Å². The number of fused-ring (bicyclic) bond motifs is 1. The minimum absolute atomic E-state index is 0.0947. The Morgan fingerprint density at radius 3 is 2.78 bits per heavy atom. The van der Waals surface area contributed by atoms with Crippen molar-refractivity contribution in [2.75, 3.05) is 39.1 Å². The number of anilines is 1. The number of nitrogens with zero attached hydrogens (tertiary/aromatic N) is 1. The van der Waals surface area contributed by atoms with E-state index in [0.717, 1.165) is 24.3 Å². The topological polar surface area (TPSA) is 63.1 Å². The first-order chi connectivity index (χ1) is 13.1. The molecular weight excluding hydrogens is 342 g/mol. The van der Waals surface area contributed by atoms with Gasteiger partial charge in [0.1, 0.15) is 5.75 Å². The molecule has 0 bridgehead atoms. The molecule has 1 aromatic carbocycles. The number of quaternary nitrogens is 1. The van der Waals surface area contributed by atoms with Crippen molar-refractivity contribution < 1.29 is 19.2 Å². The number of methoxy groups -OCH3 is 1. The largest absolute Gasteiger partial charge is 0.497 e. The van der Waals surface area contributed by atoms with Crippen molar-refractivity contribution in [1.82, 2.24) is 4.90 Å². The van der Waals surface area contributed by atoms with Gasteiger partial charge in [0.25, 0.3) is 11.8 Å². The minimum atomic E-state index is -0.0947. The zero-order chi connectivity index (χ0) is 19.2. The average molecular weight is 375 g/mol. The van der Waals surface area contributed by atoms with Gasteiger partial charge in [-0.1, -0.05) is 18.9 Å². The van der Waals surface area contributed by atoms with Gasteiger partial charge in [0, 0.05) is 24.3 Å². The summed E-state index contributed by atoms with van der Waals surface area (Å²) < 4.78 is 5.17. The fourth-order valence-electron chi connectivity index (χ4n) is 4.54. The number of rotatable bonds is 6. The third-order valence-electron chi connectivity index (χ3n) is 5.83. The molecule has 2 N–H and O–H groups in total. The molecule has 1 aliphatic heterocycles. The van der Waals surface area contributed by atoms with Crippen LogP contribution < -0.4 is 15.0 Å². The molecule has 1 saturated carbocycles. The van der Waals surface area contributed by atoms with Crippen molar-refractivity contribution in [3.8, 4) is 5.75 Å². The lowest BCUT2D eigenvalue weighted by atomic mass is 9.78. The molecule has 2 aliphatic rings. The van der Waals surface area contributed by atoms with E-state index in [4.69, 9.17) is 4.74 Å². The summed E-state index contributed by atoms with van der Waals surface area (Å²) in [6, 6.07) is 7.72. The maximum Gasteiger partial charge on any atom is 0.279 e. The molecule has 2 fully saturated rings. The molecule has 0 radical (unpaired) electrons. The zero-order valence-electron chi connectivity index (χ0n) is 16.5. The third kappa shape index (κ3) is 5.22. The average Bonchev–Trinajstić information content (AvgIpc) is 2.67. The molecular formula is C21H32N3O3+. The van der Waals surface area contributed by atoms with Crippen LogP contribution in [0.4, 0.5) is 5.69 Å². The SMILES string of the molecule is COc1cccc(NC(=O)C[NH+](C)CC(=O)N2CCC[C@H]3CCCC[C@@H]32)c1. The van der Waals surface area contributed by atoms with Crippen LogP contribution in [0.2, 0.25) is 0 Å². The Labute approximate surface area is 161 Å². The standard InChI is InChI=1S/C21H31N3O3/c1-23(14-20(25)22-17-9-5-10-18(13-17)27-2)15-21(26)24-12-6-8-16-7-3-4-11-19(16)24/h5,9-10,13,16,19H,3-4,6-8,11-12,14-15H2,1-2H3,(H,22,25)/p+1/t16-,19+/m1/s1. The smallest absolute Gasteiger partial charge is 0.279 e. The predicted molar refractivity (Wildman–Crippen MR) is 105 cm³/mol. The number of amides is 2. The molecule has 1 aliphatic carbocycles. The lowest BCUT2D eigenvalue weighted by molar-refractivity contribution is -0.862. The Bertz CT molecular complexity index is 662. The summed E-state index contributed by atoms with van der Waals surface area (Å²) in [7, 11) is 3.51. The highest BCUT2D eigenvalue weighted by Gasteiger charge is 2.36. The summed E-state index contributed by atoms with van der Waals surface area (Å²) >= 11 is 0. The Morgan fingerprint density at radius 2 is 1.96 bits per heavy atom. The van der Waals surface area contributed by atoms with Crippen LogP contribution in [0.1, 0.15) is 38.5 Å². The lowest BCUT2D eigenvalue weighted by Crippen LogP contribution is -3.11. The Morgan fingerprint density at radius 1 is 1.19 bits per heavy atom. The first kappa shape index (κ1) is 19.7. The van der Waals surface area contributed by atoms with E-state index in [1.807, 2.05) is 25.2 Å². The lowest BCUT2D eigenvalue weighted by Gasteiger charge is -2.44. The van der Waals surface area contributed by atoms with Gasteiger partial charge >= 0.3 is 0 Å². The van der Waals surface area contributed by atoms with Crippen molar-refractivity contribution in [1.29, 1.82) is 0 Å². The number of hydrogen-bond donors (Lipinski definition) is 2. The van der Waals surface area contributed by atoms with Crippen LogP contribution >= 0.6 is 0 Å². The molecule has 3 rings (SSSR count). The molecule has 1 unspecified atom stereocenters. The highest BCUT2D eigenvalue weighted by atomic mass is 16.5. The van der Waals surface area contributed by atoms with Gasteiger partial charge in [0.05, 0.1) is 14.2 Å². The second-order valence-corrected chi connectivity index (χ2v) is 7.93. The normalized spacial score (nSPS) is 23.3. The van der Waals surface area contributed by atoms with Gasteiger partial charge in [-0.2, -0.15) is 0 Å². The summed E-state index contributed by atoms with van der Waals surface area (Å²) in [5.41, 5.74) is 0.708. The number of likely N-dealkylation sites (tertiary alicyclic amines) is 1. The van der Waals surface area contributed by atoms with Crippen molar-refractivity contribution in [3.63, 3.8) is 0 Å². The van der Waals surface area contributed by atoms with E-state index in [0.29, 0.717) is 29.9 Å². The van der Waals surface area contributed by atoms with Gasteiger partial charge in [0.15, 0.2) is 13.1 Å². The van der Waals surface area contributed by atoms with Crippen LogP contribution in [0.25, 0.3) is 0 Å². The molecule has 148 valence electrons. The number of benzene rings is 1. The van der Waals surface area contributed by atoms with E-state index >= 15 is 0 Å². The molecule has 6 nitrogen and oxygen atoms in total. The first-order valence-corrected chi connectivity index (χ1v) is 10.1. The second kappa shape index (κ2) is 9.22. The van der Waals surface area contributed by atoms with Crippen LogP contribution in [0.5, 0.6) is 5.75 Å². The Hall–Kier alpha value is -2.08. The molecule has 3 atom stereocenters. The van der Waals surface area contributed by atoms with Crippen LogP contribution in [-0.4, -0.2) is 56.5 Å². The number of ether oxygens (including phenoxy) is 1. The van der Waals surface area contributed by atoms with Gasteiger partial charge < -0.3 is 19.9 Å². The minimum Gasteiger partial charge on any atom is -0.497 e. The van der Waals surface area contributed by atoms with E-state index in [1.165, 1.54) is 25.7 Å². The number of likely N-dealkylation sites (N-methyl/N-ethyl adjacent to an activating group) is 1. The molecule has 6 heteroatoms. The van der Waals surface area contributed by atoms with Crippen LogP contribution in [0, 0.1) is 5.92 Å². The number of carbonyl (C=O) groups is 2. The summed E-state index contributed by atoms with van der Waals surface area (Å²) in [5, 5.41) is 2.88. The molecule has 2 amide bonds. The van der Waals surface area contributed by atoms with Crippen molar-refractivity contribution >= 4 is 17.5 Å². The third-order valence-corrected chi connectivity index (χ3v) is 5.83.